The standard InChI is InChI=1S/C22H22N6O/c29-22(18-9-5-2-6-10-18)24-13-14-28-21-19(15-27-28)20(25-16-26-21)23-12-11-17-7-3-1-4-8-17/h1-10,15-16H,11-14H2,(H,24,29)(H,23,25,26). The van der Waals surface area contributed by atoms with Crippen LogP contribution in [0.4, 0.5) is 5.82 Å². The number of rotatable bonds is 8. The minimum Gasteiger partial charge on any atom is -0.369 e. The molecule has 0 aliphatic rings. The van der Waals surface area contributed by atoms with Gasteiger partial charge in [-0.2, -0.15) is 5.10 Å². The molecule has 7 nitrogen and oxygen atoms in total. The summed E-state index contributed by atoms with van der Waals surface area (Å²) in [4.78, 5) is 20.9. The van der Waals surface area contributed by atoms with E-state index in [4.69, 9.17) is 0 Å². The Hall–Kier alpha value is -3.74. The minimum absolute atomic E-state index is 0.0973. The smallest absolute Gasteiger partial charge is 0.251 e. The number of nitrogens with one attached hydrogen (secondary N) is 2. The van der Waals surface area contributed by atoms with Crippen molar-refractivity contribution in [2.45, 2.75) is 13.0 Å². The molecule has 0 spiro atoms. The van der Waals surface area contributed by atoms with Crippen LogP contribution in [0, 0.1) is 0 Å². The summed E-state index contributed by atoms with van der Waals surface area (Å²) < 4.78 is 1.78. The lowest BCUT2D eigenvalue weighted by Crippen LogP contribution is -2.27. The first kappa shape index (κ1) is 18.6. The van der Waals surface area contributed by atoms with Crippen LogP contribution in [0.3, 0.4) is 0 Å². The molecule has 2 aromatic heterocycles. The SMILES string of the molecule is O=C(NCCn1ncc2c(NCCc3ccccc3)ncnc21)c1ccccc1. The van der Waals surface area contributed by atoms with E-state index in [0.29, 0.717) is 18.7 Å². The second-order valence-corrected chi connectivity index (χ2v) is 6.61. The van der Waals surface area contributed by atoms with E-state index < -0.39 is 0 Å². The van der Waals surface area contributed by atoms with Gasteiger partial charge in [-0.3, -0.25) is 4.79 Å². The third-order valence-electron chi connectivity index (χ3n) is 4.63. The number of benzene rings is 2. The Morgan fingerprint density at radius 3 is 2.48 bits per heavy atom. The van der Waals surface area contributed by atoms with E-state index in [9.17, 15) is 4.79 Å². The van der Waals surface area contributed by atoms with Gasteiger partial charge in [0.05, 0.1) is 18.1 Å². The van der Waals surface area contributed by atoms with Gasteiger partial charge in [-0.05, 0) is 24.1 Å². The minimum atomic E-state index is -0.0973. The predicted octanol–water partition coefficient (Wildman–Crippen LogP) is 2.91. The Labute approximate surface area is 168 Å². The van der Waals surface area contributed by atoms with Gasteiger partial charge < -0.3 is 10.6 Å². The molecule has 0 aliphatic carbocycles. The van der Waals surface area contributed by atoms with Crippen molar-refractivity contribution in [3.05, 3.63) is 84.3 Å². The number of anilines is 1. The van der Waals surface area contributed by atoms with Gasteiger partial charge in [0, 0.05) is 18.7 Å². The molecule has 2 N–H and O–H groups in total. The lowest BCUT2D eigenvalue weighted by Gasteiger charge is -2.08. The number of amides is 1. The van der Waals surface area contributed by atoms with Gasteiger partial charge in [0.2, 0.25) is 0 Å². The largest absolute Gasteiger partial charge is 0.369 e. The molecule has 2 heterocycles. The first-order valence-corrected chi connectivity index (χ1v) is 9.59. The second-order valence-electron chi connectivity index (χ2n) is 6.61. The van der Waals surface area contributed by atoms with Crippen molar-refractivity contribution in [3.63, 3.8) is 0 Å². The average molecular weight is 386 g/mol. The van der Waals surface area contributed by atoms with Crippen molar-refractivity contribution in [2.75, 3.05) is 18.4 Å². The van der Waals surface area contributed by atoms with Gasteiger partial charge in [-0.1, -0.05) is 48.5 Å². The Morgan fingerprint density at radius 1 is 0.931 bits per heavy atom. The summed E-state index contributed by atoms with van der Waals surface area (Å²) in [7, 11) is 0. The molecular weight excluding hydrogens is 364 g/mol. The Bertz CT molecular complexity index is 1080. The highest BCUT2D eigenvalue weighted by molar-refractivity contribution is 5.94. The zero-order valence-corrected chi connectivity index (χ0v) is 16.0. The van der Waals surface area contributed by atoms with Crippen molar-refractivity contribution in [2.24, 2.45) is 0 Å². The molecule has 0 radical (unpaired) electrons. The van der Waals surface area contributed by atoms with Crippen LogP contribution in [0.25, 0.3) is 11.0 Å². The molecule has 4 aromatic rings. The topological polar surface area (TPSA) is 84.7 Å². The van der Waals surface area contributed by atoms with E-state index in [-0.39, 0.29) is 5.91 Å². The molecular formula is C22H22N6O. The van der Waals surface area contributed by atoms with Gasteiger partial charge in [-0.25, -0.2) is 14.6 Å². The molecule has 0 atom stereocenters. The number of hydrogen-bond acceptors (Lipinski definition) is 5. The third-order valence-corrected chi connectivity index (χ3v) is 4.63. The number of hydrogen-bond donors (Lipinski definition) is 2. The number of carbonyl (C=O) groups is 1. The van der Waals surface area contributed by atoms with Crippen LogP contribution in [0.5, 0.6) is 0 Å². The van der Waals surface area contributed by atoms with Crippen LogP contribution >= 0.6 is 0 Å². The van der Waals surface area contributed by atoms with Crippen molar-refractivity contribution in [1.82, 2.24) is 25.1 Å². The maximum atomic E-state index is 12.1. The molecule has 0 bridgehead atoms. The highest BCUT2D eigenvalue weighted by atomic mass is 16.1. The zero-order valence-electron chi connectivity index (χ0n) is 16.0. The molecule has 0 fully saturated rings. The summed E-state index contributed by atoms with van der Waals surface area (Å²) in [5, 5.41) is 11.6. The van der Waals surface area contributed by atoms with E-state index >= 15 is 0 Å². The molecule has 2 aromatic carbocycles. The van der Waals surface area contributed by atoms with Crippen LogP contribution < -0.4 is 10.6 Å². The molecule has 0 aliphatic heterocycles. The second kappa shape index (κ2) is 8.97. The number of carbonyl (C=O) groups excluding carboxylic acids is 1. The van der Waals surface area contributed by atoms with Crippen LogP contribution in [0.15, 0.2) is 73.2 Å². The van der Waals surface area contributed by atoms with Crippen molar-refractivity contribution in [3.8, 4) is 0 Å². The molecule has 1 amide bonds. The van der Waals surface area contributed by atoms with Gasteiger partial charge in [0.25, 0.3) is 5.91 Å². The first-order valence-electron chi connectivity index (χ1n) is 9.59. The van der Waals surface area contributed by atoms with E-state index in [1.165, 1.54) is 11.9 Å². The van der Waals surface area contributed by atoms with Crippen LogP contribution in [0.2, 0.25) is 0 Å². The maximum Gasteiger partial charge on any atom is 0.251 e. The predicted molar refractivity (Wildman–Crippen MR) is 113 cm³/mol. The summed E-state index contributed by atoms with van der Waals surface area (Å²) in [6, 6.07) is 19.5. The molecule has 7 heteroatoms. The fraction of sp³-hybridized carbons (Fsp3) is 0.182. The molecule has 29 heavy (non-hydrogen) atoms. The molecule has 4 rings (SSSR count). The summed E-state index contributed by atoms with van der Waals surface area (Å²) >= 11 is 0. The molecule has 146 valence electrons. The summed E-state index contributed by atoms with van der Waals surface area (Å²) in [6.45, 7) is 1.77. The highest BCUT2D eigenvalue weighted by Crippen LogP contribution is 2.18. The summed E-state index contributed by atoms with van der Waals surface area (Å²) in [5.41, 5.74) is 2.66. The quantitative estimate of drug-likeness (QED) is 0.486. The molecule has 0 saturated heterocycles. The molecule has 0 saturated carbocycles. The number of fused-ring (bicyclic) bond motifs is 1. The van der Waals surface area contributed by atoms with Gasteiger partial charge >= 0.3 is 0 Å². The molecule has 0 unspecified atom stereocenters. The van der Waals surface area contributed by atoms with Crippen molar-refractivity contribution in [1.29, 1.82) is 0 Å². The number of aromatic nitrogens is 4. The maximum absolute atomic E-state index is 12.1. The summed E-state index contributed by atoms with van der Waals surface area (Å²) in [5.74, 6) is 0.672. The third kappa shape index (κ3) is 4.57. The fourth-order valence-electron chi connectivity index (χ4n) is 3.13. The normalized spacial score (nSPS) is 10.8. The van der Waals surface area contributed by atoms with Crippen molar-refractivity contribution >= 4 is 22.8 Å². The average Bonchev–Trinajstić information content (AvgIpc) is 3.19. The Morgan fingerprint density at radius 2 is 1.69 bits per heavy atom. The fourth-order valence-corrected chi connectivity index (χ4v) is 3.13. The van der Waals surface area contributed by atoms with Gasteiger partial charge in [0.15, 0.2) is 5.65 Å². The Balaban J connectivity index is 1.36. The lowest BCUT2D eigenvalue weighted by molar-refractivity contribution is 0.0952. The van der Waals surface area contributed by atoms with Gasteiger partial charge in [-0.15, -0.1) is 0 Å². The highest BCUT2D eigenvalue weighted by Gasteiger charge is 2.10. The van der Waals surface area contributed by atoms with E-state index in [1.54, 1.807) is 23.0 Å². The van der Waals surface area contributed by atoms with Crippen LogP contribution in [0.1, 0.15) is 15.9 Å². The lowest BCUT2D eigenvalue weighted by atomic mass is 10.1. The van der Waals surface area contributed by atoms with Crippen molar-refractivity contribution < 1.29 is 4.79 Å². The van der Waals surface area contributed by atoms with E-state index in [1.807, 2.05) is 36.4 Å². The monoisotopic (exact) mass is 386 g/mol. The number of nitrogens with zero attached hydrogens (tertiary/aromatic N) is 4. The zero-order chi connectivity index (χ0) is 19.9. The van der Waals surface area contributed by atoms with E-state index in [0.717, 1.165) is 29.8 Å². The Kier molecular flexibility index (Phi) is 5.76. The first-order chi connectivity index (χ1) is 14.3. The van der Waals surface area contributed by atoms with Gasteiger partial charge in [0.1, 0.15) is 12.1 Å². The van der Waals surface area contributed by atoms with Crippen LogP contribution in [-0.4, -0.2) is 38.7 Å². The van der Waals surface area contributed by atoms with E-state index in [2.05, 4.69) is 37.8 Å². The van der Waals surface area contributed by atoms with Crippen LogP contribution in [-0.2, 0) is 13.0 Å². The summed E-state index contributed by atoms with van der Waals surface area (Å²) in [6.07, 6.45) is 4.21.